The maximum Gasteiger partial charge on any atom is 0.0618 e. The molecule has 0 unspecified atom stereocenters. The van der Waals surface area contributed by atoms with Crippen LogP contribution in [0.1, 0.15) is 0 Å². The predicted octanol–water partition coefficient (Wildman–Crippen LogP) is 15.4. The van der Waals surface area contributed by atoms with E-state index >= 15 is 0 Å². The van der Waals surface area contributed by atoms with Gasteiger partial charge in [-0.05, 0) is 92.0 Å². The summed E-state index contributed by atoms with van der Waals surface area (Å²) in [6, 6.07) is 80.7. The molecule has 0 radical (unpaired) electrons. The average Bonchev–Trinajstić information content (AvgIpc) is 3.28. The third-order valence-corrected chi connectivity index (χ3v) is 10.8. The fraction of sp³-hybridized carbons (Fsp3) is 0. The van der Waals surface area contributed by atoms with Gasteiger partial charge in [0.25, 0.3) is 0 Å². The van der Waals surface area contributed by atoms with Gasteiger partial charge in [0.2, 0.25) is 0 Å². The van der Waals surface area contributed by atoms with Crippen molar-refractivity contribution in [1.29, 1.82) is 0 Å². The number of fused-ring (bicyclic) bond motifs is 3. The Morgan fingerprint density at radius 2 is 0.696 bits per heavy atom. The van der Waals surface area contributed by atoms with Crippen LogP contribution in [-0.2, 0) is 0 Å². The standard InChI is InChI=1S/C54H38N2/c1-3-14-38(15-4-1)40-28-34-45(35-29-40)56(46-36-30-41(31-37-46)39-16-5-2-6-17-39)54-50-23-11-9-21-48(50)53(49-22-10-12-24-51(49)54)43-26-32-44(33-27-43)55-52-25-13-19-42-18-7-8-20-47(42)52/h1-37,55H. The normalized spacial score (nSPS) is 11.2. The Labute approximate surface area is 327 Å². The van der Waals surface area contributed by atoms with Crippen molar-refractivity contribution in [1.82, 2.24) is 0 Å². The van der Waals surface area contributed by atoms with Gasteiger partial charge in [0.05, 0.1) is 5.69 Å². The van der Waals surface area contributed by atoms with Crippen LogP contribution in [0.15, 0.2) is 224 Å². The number of hydrogen-bond donors (Lipinski definition) is 1. The van der Waals surface area contributed by atoms with E-state index in [9.17, 15) is 0 Å². The largest absolute Gasteiger partial charge is 0.355 e. The Bertz CT molecular complexity index is 2810. The van der Waals surface area contributed by atoms with Gasteiger partial charge in [0.1, 0.15) is 0 Å². The molecule has 2 nitrogen and oxygen atoms in total. The highest BCUT2D eigenvalue weighted by molar-refractivity contribution is 6.22. The van der Waals surface area contributed by atoms with E-state index in [4.69, 9.17) is 0 Å². The molecule has 10 aromatic carbocycles. The maximum absolute atomic E-state index is 3.68. The summed E-state index contributed by atoms with van der Waals surface area (Å²) >= 11 is 0. The summed E-state index contributed by atoms with van der Waals surface area (Å²) in [5, 5.41) is 10.9. The minimum atomic E-state index is 1.06. The fourth-order valence-corrected chi connectivity index (χ4v) is 8.14. The van der Waals surface area contributed by atoms with Gasteiger partial charge in [0, 0.05) is 38.9 Å². The number of rotatable bonds is 8. The van der Waals surface area contributed by atoms with E-state index < -0.39 is 0 Å². The molecular weight excluding hydrogens is 677 g/mol. The number of benzene rings is 10. The minimum Gasteiger partial charge on any atom is -0.355 e. The Hall–Kier alpha value is -7.42. The van der Waals surface area contributed by atoms with Crippen molar-refractivity contribution >= 4 is 60.8 Å². The average molecular weight is 715 g/mol. The van der Waals surface area contributed by atoms with Crippen LogP contribution in [0.3, 0.4) is 0 Å². The van der Waals surface area contributed by atoms with Crippen molar-refractivity contribution in [3.05, 3.63) is 224 Å². The van der Waals surface area contributed by atoms with Crippen LogP contribution in [0.4, 0.5) is 28.4 Å². The summed E-state index contributed by atoms with van der Waals surface area (Å²) in [4.78, 5) is 2.44. The Morgan fingerprint density at radius 3 is 1.23 bits per heavy atom. The van der Waals surface area contributed by atoms with Crippen molar-refractivity contribution in [2.45, 2.75) is 0 Å². The highest BCUT2D eigenvalue weighted by Crippen LogP contribution is 2.48. The quantitative estimate of drug-likeness (QED) is 0.158. The van der Waals surface area contributed by atoms with Crippen LogP contribution >= 0.6 is 0 Å². The first-order valence-electron chi connectivity index (χ1n) is 19.2. The second-order valence-corrected chi connectivity index (χ2v) is 14.2. The van der Waals surface area contributed by atoms with Crippen molar-refractivity contribution in [2.24, 2.45) is 0 Å². The van der Waals surface area contributed by atoms with E-state index in [0.717, 1.165) is 28.4 Å². The molecule has 10 rings (SSSR count). The summed E-state index contributed by atoms with van der Waals surface area (Å²) in [7, 11) is 0. The van der Waals surface area contributed by atoms with Crippen LogP contribution in [0.25, 0.3) is 65.7 Å². The molecule has 0 bridgehead atoms. The zero-order chi connectivity index (χ0) is 37.3. The van der Waals surface area contributed by atoms with Gasteiger partial charge in [-0.15, -0.1) is 0 Å². The fourth-order valence-electron chi connectivity index (χ4n) is 8.14. The number of nitrogens with one attached hydrogen (secondary N) is 1. The van der Waals surface area contributed by atoms with Crippen LogP contribution in [-0.4, -0.2) is 0 Å². The zero-order valence-corrected chi connectivity index (χ0v) is 30.8. The molecule has 0 aliphatic carbocycles. The Kier molecular flexibility index (Phi) is 8.55. The van der Waals surface area contributed by atoms with Gasteiger partial charge >= 0.3 is 0 Å². The number of hydrogen-bond acceptors (Lipinski definition) is 2. The van der Waals surface area contributed by atoms with Crippen molar-refractivity contribution in [2.75, 3.05) is 10.2 Å². The first-order valence-corrected chi connectivity index (χ1v) is 19.2. The summed E-state index contributed by atoms with van der Waals surface area (Å²) in [6.45, 7) is 0. The minimum absolute atomic E-state index is 1.06. The lowest BCUT2D eigenvalue weighted by Gasteiger charge is -2.30. The molecular formula is C54H38N2. The van der Waals surface area contributed by atoms with E-state index in [2.05, 4.69) is 235 Å². The van der Waals surface area contributed by atoms with Gasteiger partial charge in [-0.25, -0.2) is 0 Å². The smallest absolute Gasteiger partial charge is 0.0618 e. The summed E-state index contributed by atoms with van der Waals surface area (Å²) in [5.41, 5.74) is 12.7. The van der Waals surface area contributed by atoms with Crippen LogP contribution < -0.4 is 10.2 Å². The third-order valence-electron chi connectivity index (χ3n) is 10.8. The molecule has 1 N–H and O–H groups in total. The molecule has 264 valence electrons. The Morgan fingerprint density at radius 1 is 0.286 bits per heavy atom. The van der Waals surface area contributed by atoms with Crippen LogP contribution in [0.2, 0.25) is 0 Å². The van der Waals surface area contributed by atoms with Crippen LogP contribution in [0, 0.1) is 0 Å². The van der Waals surface area contributed by atoms with Gasteiger partial charge in [-0.1, -0.05) is 182 Å². The number of nitrogens with zero attached hydrogens (tertiary/aromatic N) is 1. The molecule has 10 aromatic rings. The first kappa shape index (κ1) is 33.2. The highest BCUT2D eigenvalue weighted by atomic mass is 15.1. The molecule has 0 atom stereocenters. The van der Waals surface area contributed by atoms with Gasteiger partial charge in [0.15, 0.2) is 0 Å². The molecule has 0 saturated heterocycles. The molecule has 0 heterocycles. The summed E-state index contributed by atoms with van der Waals surface area (Å²) in [6.07, 6.45) is 0. The predicted molar refractivity (Wildman–Crippen MR) is 240 cm³/mol. The maximum atomic E-state index is 3.68. The van der Waals surface area contributed by atoms with Gasteiger partial charge in [-0.3, -0.25) is 0 Å². The SMILES string of the molecule is c1ccc(-c2ccc(N(c3ccc(-c4ccccc4)cc3)c3c4ccccc4c(-c4ccc(Nc5cccc6ccccc56)cc4)c4ccccc34)cc2)cc1. The van der Waals surface area contributed by atoms with Crippen molar-refractivity contribution < 1.29 is 0 Å². The number of anilines is 5. The third kappa shape index (κ3) is 6.14. The lowest BCUT2D eigenvalue weighted by Crippen LogP contribution is -2.11. The van der Waals surface area contributed by atoms with Gasteiger partial charge in [-0.2, -0.15) is 0 Å². The first-order chi connectivity index (χ1) is 27.8. The molecule has 0 amide bonds. The summed E-state index contributed by atoms with van der Waals surface area (Å²) < 4.78 is 0. The second-order valence-electron chi connectivity index (χ2n) is 14.2. The zero-order valence-electron chi connectivity index (χ0n) is 30.8. The van der Waals surface area contributed by atoms with E-state index in [1.54, 1.807) is 0 Å². The molecule has 0 spiro atoms. The van der Waals surface area contributed by atoms with E-state index in [1.807, 2.05) is 0 Å². The molecule has 0 fully saturated rings. The van der Waals surface area contributed by atoms with E-state index in [1.165, 1.54) is 65.7 Å². The topological polar surface area (TPSA) is 15.3 Å². The lowest BCUT2D eigenvalue weighted by molar-refractivity contribution is 1.31. The Balaban J connectivity index is 1.13. The van der Waals surface area contributed by atoms with Crippen molar-refractivity contribution in [3.63, 3.8) is 0 Å². The monoisotopic (exact) mass is 714 g/mol. The molecule has 2 heteroatoms. The molecule has 0 aliphatic heterocycles. The van der Waals surface area contributed by atoms with E-state index in [-0.39, 0.29) is 0 Å². The lowest BCUT2D eigenvalue weighted by atomic mass is 9.89. The molecule has 0 aliphatic rings. The van der Waals surface area contributed by atoms with Crippen LogP contribution in [0.5, 0.6) is 0 Å². The second kappa shape index (κ2) is 14.4. The summed E-state index contributed by atoms with van der Waals surface area (Å²) in [5.74, 6) is 0. The van der Waals surface area contributed by atoms with E-state index in [0.29, 0.717) is 0 Å². The molecule has 0 saturated carbocycles. The van der Waals surface area contributed by atoms with Gasteiger partial charge < -0.3 is 10.2 Å². The molecule has 0 aromatic heterocycles. The highest BCUT2D eigenvalue weighted by Gasteiger charge is 2.22. The molecule has 56 heavy (non-hydrogen) atoms. The van der Waals surface area contributed by atoms with Crippen molar-refractivity contribution in [3.8, 4) is 33.4 Å².